The minimum absolute atomic E-state index is 0.0667. The van der Waals surface area contributed by atoms with Gasteiger partial charge in [-0.05, 0) is 24.6 Å². The molecule has 0 fully saturated rings. The Balaban J connectivity index is 2.44. The second-order valence-corrected chi connectivity index (χ2v) is 7.39. The first-order valence-electron chi connectivity index (χ1n) is 8.01. The SMILES string of the molecule is COc1ccc(-c2oc(C(Br)CCNS(=O)[O-])c(OC(C)=O)c2O)cc1OC. The maximum atomic E-state index is 11.5. The molecule has 1 aromatic carbocycles. The molecule has 2 rings (SSSR count). The molecule has 0 saturated heterocycles. The van der Waals surface area contributed by atoms with Crippen LogP contribution in [0.15, 0.2) is 22.6 Å². The van der Waals surface area contributed by atoms with Crippen molar-refractivity contribution < 1.29 is 37.3 Å². The van der Waals surface area contributed by atoms with Crippen LogP contribution in [0.25, 0.3) is 11.3 Å². The summed E-state index contributed by atoms with van der Waals surface area (Å²) in [4.78, 5) is 10.9. The summed E-state index contributed by atoms with van der Waals surface area (Å²) in [5, 5.41) is 10.6. The maximum Gasteiger partial charge on any atom is 0.308 e. The van der Waals surface area contributed by atoms with Crippen molar-refractivity contribution in [2.45, 2.75) is 18.2 Å². The molecule has 0 aliphatic carbocycles. The number of hydrogen-bond donors (Lipinski definition) is 2. The van der Waals surface area contributed by atoms with Crippen LogP contribution in [0.5, 0.6) is 23.0 Å². The standard InChI is InChI=1S/C17H20BrNO8S/c1-9(20)26-17-14(21)15(10-4-5-12(24-2)13(8-10)25-3)27-16(17)11(18)6-7-19-28(22)23/h4-5,8,11,19,21H,6-7H2,1-3H3,(H,22,23)/p-1. The number of aromatic hydroxyl groups is 1. The fourth-order valence-electron chi connectivity index (χ4n) is 2.45. The van der Waals surface area contributed by atoms with Crippen molar-refractivity contribution in [3.63, 3.8) is 0 Å². The molecule has 2 aromatic rings. The smallest absolute Gasteiger partial charge is 0.308 e. The molecule has 1 aromatic heterocycles. The highest BCUT2D eigenvalue weighted by molar-refractivity contribution is 9.09. The molecule has 0 radical (unpaired) electrons. The van der Waals surface area contributed by atoms with Gasteiger partial charge in [-0.15, -0.1) is 0 Å². The lowest BCUT2D eigenvalue weighted by Gasteiger charge is -2.11. The van der Waals surface area contributed by atoms with Crippen molar-refractivity contribution >= 4 is 33.2 Å². The molecular weight excluding hydrogens is 458 g/mol. The van der Waals surface area contributed by atoms with E-state index in [2.05, 4.69) is 20.7 Å². The highest BCUT2D eigenvalue weighted by Gasteiger charge is 2.28. The zero-order valence-electron chi connectivity index (χ0n) is 15.3. The Labute approximate surface area is 172 Å². The molecule has 0 spiro atoms. The van der Waals surface area contributed by atoms with Gasteiger partial charge in [-0.2, -0.15) is 0 Å². The van der Waals surface area contributed by atoms with Crippen molar-refractivity contribution in [2.24, 2.45) is 0 Å². The number of esters is 1. The van der Waals surface area contributed by atoms with E-state index < -0.39 is 22.1 Å². The molecule has 0 aliphatic heterocycles. The number of rotatable bonds is 9. The van der Waals surface area contributed by atoms with Gasteiger partial charge in [0.15, 0.2) is 23.0 Å². The number of alkyl halides is 1. The summed E-state index contributed by atoms with van der Waals surface area (Å²) in [5.74, 6) is -0.0102. The third-order valence-corrected chi connectivity index (χ3v) is 4.97. The van der Waals surface area contributed by atoms with Crippen LogP contribution in [0.1, 0.15) is 23.9 Å². The summed E-state index contributed by atoms with van der Waals surface area (Å²) in [7, 11) is 2.97. The molecule has 1 heterocycles. The molecular formula is C17H19BrNO8S-. The first kappa shape index (κ1) is 22.2. The zero-order valence-corrected chi connectivity index (χ0v) is 17.7. The van der Waals surface area contributed by atoms with E-state index >= 15 is 0 Å². The summed E-state index contributed by atoms with van der Waals surface area (Å²) >= 11 is 0.965. The van der Waals surface area contributed by atoms with Crippen LogP contribution >= 0.6 is 15.9 Å². The number of hydrogen-bond acceptors (Lipinski definition) is 8. The Morgan fingerprint density at radius 2 is 2.04 bits per heavy atom. The van der Waals surface area contributed by atoms with E-state index in [-0.39, 0.29) is 36.0 Å². The Morgan fingerprint density at radius 1 is 1.36 bits per heavy atom. The van der Waals surface area contributed by atoms with Crippen LogP contribution in [0.3, 0.4) is 0 Å². The average Bonchev–Trinajstić information content (AvgIpc) is 2.96. The molecule has 0 saturated carbocycles. The quantitative estimate of drug-likeness (QED) is 0.320. The number of ether oxygens (including phenoxy) is 3. The lowest BCUT2D eigenvalue weighted by Crippen LogP contribution is -2.18. The molecule has 0 amide bonds. The van der Waals surface area contributed by atoms with Gasteiger partial charge in [-0.1, -0.05) is 15.9 Å². The van der Waals surface area contributed by atoms with E-state index in [4.69, 9.17) is 18.6 Å². The number of halogens is 1. The van der Waals surface area contributed by atoms with Gasteiger partial charge in [0.25, 0.3) is 0 Å². The summed E-state index contributed by atoms with van der Waals surface area (Å²) < 4.78 is 44.8. The lowest BCUT2D eigenvalue weighted by molar-refractivity contribution is -0.132. The summed E-state index contributed by atoms with van der Waals surface area (Å²) in [6.07, 6.45) is 0.278. The summed E-state index contributed by atoms with van der Waals surface area (Å²) in [5.41, 5.74) is 0.466. The van der Waals surface area contributed by atoms with Crippen molar-refractivity contribution in [3.8, 4) is 34.3 Å². The van der Waals surface area contributed by atoms with Crippen LogP contribution in [0.2, 0.25) is 0 Å². The van der Waals surface area contributed by atoms with Crippen molar-refractivity contribution in [1.29, 1.82) is 0 Å². The third-order valence-electron chi connectivity index (χ3n) is 3.66. The zero-order chi connectivity index (χ0) is 20.8. The molecule has 2 unspecified atom stereocenters. The van der Waals surface area contributed by atoms with Gasteiger partial charge in [0, 0.05) is 30.3 Å². The number of benzene rings is 1. The largest absolute Gasteiger partial charge is 0.760 e. The van der Waals surface area contributed by atoms with E-state index in [1.54, 1.807) is 18.2 Å². The fourth-order valence-corrected chi connectivity index (χ4v) is 3.26. The Bertz CT molecular complexity index is 869. The van der Waals surface area contributed by atoms with E-state index in [1.807, 2.05) is 0 Å². The molecule has 0 aliphatic rings. The van der Waals surface area contributed by atoms with Gasteiger partial charge >= 0.3 is 5.97 Å². The maximum absolute atomic E-state index is 11.5. The molecule has 2 atom stereocenters. The molecule has 2 N–H and O–H groups in total. The predicted octanol–water partition coefficient (Wildman–Crippen LogP) is 2.80. The number of carbonyl (C=O) groups excluding carboxylic acids is 1. The molecule has 0 bridgehead atoms. The highest BCUT2D eigenvalue weighted by atomic mass is 79.9. The van der Waals surface area contributed by atoms with E-state index in [0.717, 1.165) is 0 Å². The van der Waals surface area contributed by atoms with Gasteiger partial charge in [-0.25, -0.2) is 4.72 Å². The third kappa shape index (κ3) is 5.25. The molecule has 28 heavy (non-hydrogen) atoms. The molecule has 11 heteroatoms. The predicted molar refractivity (Wildman–Crippen MR) is 103 cm³/mol. The average molecular weight is 477 g/mol. The first-order chi connectivity index (χ1) is 13.3. The van der Waals surface area contributed by atoms with E-state index in [9.17, 15) is 18.7 Å². The number of methoxy groups -OCH3 is 2. The normalized spacial score (nSPS) is 13.0. The van der Waals surface area contributed by atoms with E-state index in [0.29, 0.717) is 17.1 Å². The van der Waals surface area contributed by atoms with Gasteiger partial charge in [0.2, 0.25) is 11.5 Å². The minimum Gasteiger partial charge on any atom is -0.760 e. The lowest BCUT2D eigenvalue weighted by atomic mass is 10.1. The van der Waals surface area contributed by atoms with E-state index in [1.165, 1.54) is 21.1 Å². The van der Waals surface area contributed by atoms with Crippen LogP contribution in [0, 0.1) is 0 Å². The van der Waals surface area contributed by atoms with Crippen molar-refractivity contribution in [1.82, 2.24) is 4.72 Å². The Kier molecular flexibility index (Phi) is 7.87. The van der Waals surface area contributed by atoms with Crippen molar-refractivity contribution in [3.05, 3.63) is 24.0 Å². The van der Waals surface area contributed by atoms with Gasteiger partial charge in [0.05, 0.1) is 19.0 Å². The molecule has 9 nitrogen and oxygen atoms in total. The van der Waals surface area contributed by atoms with Gasteiger partial charge < -0.3 is 28.3 Å². The number of furan rings is 1. The van der Waals surface area contributed by atoms with Crippen LogP contribution < -0.4 is 18.9 Å². The highest BCUT2D eigenvalue weighted by Crippen LogP contribution is 2.49. The summed E-state index contributed by atoms with van der Waals surface area (Å²) in [6.45, 7) is 1.30. The van der Waals surface area contributed by atoms with Crippen LogP contribution in [-0.4, -0.2) is 40.6 Å². The van der Waals surface area contributed by atoms with Gasteiger partial charge in [0.1, 0.15) is 0 Å². The van der Waals surface area contributed by atoms with Crippen molar-refractivity contribution in [2.75, 3.05) is 20.8 Å². The first-order valence-corrected chi connectivity index (χ1v) is 10.0. The Hall–Kier alpha value is -2.08. The minimum atomic E-state index is -2.40. The second-order valence-electron chi connectivity index (χ2n) is 5.52. The second kappa shape index (κ2) is 9.92. The van der Waals surface area contributed by atoms with Gasteiger partial charge in [-0.3, -0.25) is 9.00 Å². The monoisotopic (exact) mass is 476 g/mol. The Morgan fingerprint density at radius 3 is 2.61 bits per heavy atom. The molecule has 154 valence electrons. The summed E-state index contributed by atoms with van der Waals surface area (Å²) in [6, 6.07) is 4.89. The van der Waals surface area contributed by atoms with Crippen LogP contribution in [0.4, 0.5) is 0 Å². The number of carbonyl (C=O) groups is 1. The topological polar surface area (TPSA) is 130 Å². The van der Waals surface area contributed by atoms with Crippen LogP contribution in [-0.2, 0) is 16.1 Å². The fraction of sp³-hybridized carbons (Fsp3) is 0.353. The number of nitrogens with one attached hydrogen (secondary N) is 1.